The zero-order chi connectivity index (χ0) is 17.7. The lowest BCUT2D eigenvalue weighted by Crippen LogP contribution is -2.13. The Morgan fingerprint density at radius 3 is 2.29 bits per heavy atom. The maximum absolute atomic E-state index is 12.5. The van der Waals surface area contributed by atoms with Crippen LogP contribution in [0.3, 0.4) is 0 Å². The molecule has 0 heterocycles. The molecule has 0 aliphatic carbocycles. The van der Waals surface area contributed by atoms with E-state index in [-0.39, 0.29) is 4.90 Å². The quantitative estimate of drug-likeness (QED) is 0.732. The van der Waals surface area contributed by atoms with Gasteiger partial charge in [0.15, 0.2) is 11.5 Å². The SMILES string of the molecule is CCOc1ccc(NS(=O)(=O)c2ccc(Br)c(C)c2)cc1OCC. The average molecular weight is 414 g/mol. The normalized spacial score (nSPS) is 11.2. The number of sulfonamides is 1. The topological polar surface area (TPSA) is 64.6 Å². The van der Waals surface area contributed by atoms with Crippen LogP contribution in [0.25, 0.3) is 0 Å². The largest absolute Gasteiger partial charge is 0.490 e. The van der Waals surface area contributed by atoms with Crippen LogP contribution in [0.2, 0.25) is 0 Å². The van der Waals surface area contributed by atoms with Crippen molar-refractivity contribution in [2.45, 2.75) is 25.7 Å². The lowest BCUT2D eigenvalue weighted by atomic mass is 10.2. The van der Waals surface area contributed by atoms with Gasteiger partial charge in [-0.3, -0.25) is 4.72 Å². The summed E-state index contributed by atoms with van der Waals surface area (Å²) in [5.41, 5.74) is 1.27. The Bertz CT molecular complexity index is 821. The van der Waals surface area contributed by atoms with Gasteiger partial charge in [-0.1, -0.05) is 15.9 Å². The predicted octanol–water partition coefficient (Wildman–Crippen LogP) is 4.36. The summed E-state index contributed by atoms with van der Waals surface area (Å²) in [5.74, 6) is 1.09. The Morgan fingerprint density at radius 1 is 1.00 bits per heavy atom. The zero-order valence-corrected chi connectivity index (χ0v) is 16.2. The molecule has 0 unspecified atom stereocenters. The minimum absolute atomic E-state index is 0.204. The molecule has 2 aromatic carbocycles. The summed E-state index contributed by atoms with van der Waals surface area (Å²) < 4.78 is 39.5. The molecule has 0 radical (unpaired) electrons. The summed E-state index contributed by atoms with van der Waals surface area (Å²) in [4.78, 5) is 0.204. The van der Waals surface area contributed by atoms with E-state index >= 15 is 0 Å². The van der Waals surface area contributed by atoms with E-state index in [1.807, 2.05) is 20.8 Å². The Labute approximate surface area is 151 Å². The first kappa shape index (κ1) is 18.6. The van der Waals surface area contributed by atoms with Crippen LogP contribution < -0.4 is 14.2 Å². The van der Waals surface area contributed by atoms with Crippen molar-refractivity contribution in [2.75, 3.05) is 17.9 Å². The van der Waals surface area contributed by atoms with Crippen molar-refractivity contribution in [2.24, 2.45) is 0 Å². The Balaban J connectivity index is 2.31. The van der Waals surface area contributed by atoms with E-state index in [9.17, 15) is 8.42 Å². The molecular weight excluding hydrogens is 394 g/mol. The van der Waals surface area contributed by atoms with Gasteiger partial charge in [0.2, 0.25) is 0 Å². The van der Waals surface area contributed by atoms with Gasteiger partial charge in [0.25, 0.3) is 10.0 Å². The minimum Gasteiger partial charge on any atom is -0.490 e. The molecule has 1 N–H and O–H groups in total. The summed E-state index contributed by atoms with van der Waals surface area (Å²) in [6, 6.07) is 9.85. The summed E-state index contributed by atoms with van der Waals surface area (Å²) in [6.07, 6.45) is 0. The molecule has 24 heavy (non-hydrogen) atoms. The number of nitrogens with one attached hydrogen (secondary N) is 1. The highest BCUT2D eigenvalue weighted by molar-refractivity contribution is 9.10. The fourth-order valence-corrected chi connectivity index (χ4v) is 3.49. The van der Waals surface area contributed by atoms with Crippen molar-refractivity contribution in [1.82, 2.24) is 0 Å². The van der Waals surface area contributed by atoms with Gasteiger partial charge in [-0.2, -0.15) is 0 Å². The van der Waals surface area contributed by atoms with Crippen LogP contribution >= 0.6 is 15.9 Å². The summed E-state index contributed by atoms with van der Waals surface area (Å²) in [6.45, 7) is 6.54. The second kappa shape index (κ2) is 7.90. The number of hydrogen-bond acceptors (Lipinski definition) is 4. The van der Waals surface area contributed by atoms with Gasteiger partial charge in [-0.05, 0) is 56.7 Å². The van der Waals surface area contributed by atoms with Crippen molar-refractivity contribution in [3.05, 3.63) is 46.4 Å². The Morgan fingerprint density at radius 2 is 1.67 bits per heavy atom. The molecule has 0 atom stereocenters. The second-order valence-corrected chi connectivity index (χ2v) is 7.58. The summed E-state index contributed by atoms with van der Waals surface area (Å²) in [7, 11) is -3.68. The number of benzene rings is 2. The van der Waals surface area contributed by atoms with E-state index in [1.54, 1.807) is 36.4 Å². The van der Waals surface area contributed by atoms with E-state index in [0.29, 0.717) is 30.4 Å². The van der Waals surface area contributed by atoms with Crippen LogP contribution in [0.4, 0.5) is 5.69 Å². The maximum Gasteiger partial charge on any atom is 0.261 e. The monoisotopic (exact) mass is 413 g/mol. The molecule has 0 aromatic heterocycles. The van der Waals surface area contributed by atoms with Crippen LogP contribution in [-0.4, -0.2) is 21.6 Å². The van der Waals surface area contributed by atoms with Crippen LogP contribution in [0.5, 0.6) is 11.5 Å². The minimum atomic E-state index is -3.68. The molecule has 0 amide bonds. The number of aryl methyl sites for hydroxylation is 1. The van der Waals surface area contributed by atoms with Crippen molar-refractivity contribution in [3.8, 4) is 11.5 Å². The number of halogens is 1. The van der Waals surface area contributed by atoms with Gasteiger partial charge in [0.1, 0.15) is 0 Å². The van der Waals surface area contributed by atoms with Crippen molar-refractivity contribution < 1.29 is 17.9 Å². The van der Waals surface area contributed by atoms with E-state index in [0.717, 1.165) is 10.0 Å². The lowest BCUT2D eigenvalue weighted by Gasteiger charge is -2.14. The smallest absolute Gasteiger partial charge is 0.261 e. The van der Waals surface area contributed by atoms with Crippen molar-refractivity contribution in [3.63, 3.8) is 0 Å². The first-order valence-corrected chi connectivity index (χ1v) is 9.83. The molecule has 7 heteroatoms. The highest BCUT2D eigenvalue weighted by Gasteiger charge is 2.16. The highest BCUT2D eigenvalue weighted by Crippen LogP contribution is 2.31. The molecule has 0 fully saturated rings. The molecule has 5 nitrogen and oxygen atoms in total. The zero-order valence-electron chi connectivity index (χ0n) is 13.8. The van der Waals surface area contributed by atoms with Gasteiger partial charge >= 0.3 is 0 Å². The third-order valence-corrected chi connectivity index (χ3v) is 5.50. The van der Waals surface area contributed by atoms with Crippen LogP contribution in [-0.2, 0) is 10.0 Å². The number of ether oxygens (including phenoxy) is 2. The molecule has 2 aromatic rings. The molecule has 0 aliphatic rings. The van der Waals surface area contributed by atoms with Crippen LogP contribution in [0.15, 0.2) is 45.8 Å². The van der Waals surface area contributed by atoms with Crippen LogP contribution in [0, 0.1) is 6.92 Å². The summed E-state index contributed by atoms with van der Waals surface area (Å²) >= 11 is 3.37. The van der Waals surface area contributed by atoms with Crippen molar-refractivity contribution in [1.29, 1.82) is 0 Å². The first-order valence-electron chi connectivity index (χ1n) is 7.56. The van der Waals surface area contributed by atoms with Crippen molar-refractivity contribution >= 4 is 31.6 Å². The predicted molar refractivity (Wildman–Crippen MR) is 98.5 cm³/mol. The fraction of sp³-hybridized carbons (Fsp3) is 0.294. The molecule has 0 saturated heterocycles. The molecular formula is C17H20BrNO4S. The molecule has 0 spiro atoms. The third kappa shape index (κ3) is 4.42. The highest BCUT2D eigenvalue weighted by atomic mass is 79.9. The molecule has 130 valence electrons. The van der Waals surface area contributed by atoms with E-state index in [1.165, 1.54) is 0 Å². The Kier molecular flexibility index (Phi) is 6.12. The van der Waals surface area contributed by atoms with Gasteiger partial charge in [-0.15, -0.1) is 0 Å². The van der Waals surface area contributed by atoms with Gasteiger partial charge in [0.05, 0.1) is 23.8 Å². The Hall–Kier alpha value is -1.73. The van der Waals surface area contributed by atoms with Crippen LogP contribution in [0.1, 0.15) is 19.4 Å². The number of rotatable bonds is 7. The van der Waals surface area contributed by atoms with Gasteiger partial charge in [-0.25, -0.2) is 8.42 Å². The van der Waals surface area contributed by atoms with Gasteiger partial charge in [0, 0.05) is 10.5 Å². The lowest BCUT2D eigenvalue weighted by molar-refractivity contribution is 0.288. The van der Waals surface area contributed by atoms with E-state index in [2.05, 4.69) is 20.7 Å². The molecule has 2 rings (SSSR count). The number of anilines is 1. The third-order valence-electron chi connectivity index (χ3n) is 3.24. The molecule has 0 aliphatic heterocycles. The van der Waals surface area contributed by atoms with E-state index < -0.39 is 10.0 Å². The molecule has 0 bridgehead atoms. The fourth-order valence-electron chi connectivity index (χ4n) is 2.11. The average Bonchev–Trinajstić information content (AvgIpc) is 2.52. The molecule has 0 saturated carbocycles. The number of hydrogen-bond donors (Lipinski definition) is 1. The van der Waals surface area contributed by atoms with E-state index in [4.69, 9.17) is 9.47 Å². The van der Waals surface area contributed by atoms with Gasteiger partial charge < -0.3 is 9.47 Å². The standard InChI is InChI=1S/C17H20BrNO4S/c1-4-22-16-9-6-13(11-17(16)23-5-2)19-24(20,21)14-7-8-15(18)12(3)10-14/h6-11,19H,4-5H2,1-3H3. The summed E-state index contributed by atoms with van der Waals surface area (Å²) in [5, 5.41) is 0. The first-order chi connectivity index (χ1) is 11.4. The second-order valence-electron chi connectivity index (χ2n) is 5.04. The maximum atomic E-state index is 12.5.